The fourth-order valence-corrected chi connectivity index (χ4v) is 2.46. The molecule has 0 spiro atoms. The van der Waals surface area contributed by atoms with E-state index in [1.165, 1.54) is 0 Å². The first-order valence-electron chi connectivity index (χ1n) is 4.82. The largest absolute Gasteiger partial charge is 0.493 e. The molecule has 1 aliphatic carbocycles. The van der Waals surface area contributed by atoms with Crippen LogP contribution < -0.4 is 15.2 Å². The normalized spacial score (nSPS) is 17.3. The van der Waals surface area contributed by atoms with E-state index < -0.39 is 0 Å². The Bertz CT molecular complexity index is 388. The summed E-state index contributed by atoms with van der Waals surface area (Å²) in [7, 11) is 3.27. The van der Waals surface area contributed by atoms with Gasteiger partial charge in [0.05, 0.1) is 14.2 Å². The number of hydrogen-bond acceptors (Lipinski definition) is 3. The van der Waals surface area contributed by atoms with Gasteiger partial charge in [0, 0.05) is 15.6 Å². The van der Waals surface area contributed by atoms with E-state index in [2.05, 4.69) is 15.9 Å². The van der Waals surface area contributed by atoms with Crippen LogP contribution in [0.15, 0.2) is 16.6 Å². The van der Waals surface area contributed by atoms with Gasteiger partial charge in [-0.05, 0) is 25.0 Å². The van der Waals surface area contributed by atoms with E-state index in [-0.39, 0.29) is 5.54 Å². The molecule has 0 radical (unpaired) electrons. The highest BCUT2D eigenvalue weighted by atomic mass is 79.9. The monoisotopic (exact) mass is 271 g/mol. The zero-order chi connectivity index (χ0) is 11.1. The van der Waals surface area contributed by atoms with Gasteiger partial charge in [-0.3, -0.25) is 0 Å². The minimum Gasteiger partial charge on any atom is -0.493 e. The van der Waals surface area contributed by atoms with E-state index in [0.717, 1.165) is 34.4 Å². The molecule has 15 heavy (non-hydrogen) atoms. The van der Waals surface area contributed by atoms with Gasteiger partial charge in [0.15, 0.2) is 11.5 Å². The summed E-state index contributed by atoms with van der Waals surface area (Å²) in [5, 5.41) is 0. The third-order valence-corrected chi connectivity index (χ3v) is 3.44. The number of ether oxygens (including phenoxy) is 2. The molecule has 0 aliphatic heterocycles. The number of rotatable bonds is 3. The van der Waals surface area contributed by atoms with Crippen LogP contribution in [0.25, 0.3) is 0 Å². The lowest BCUT2D eigenvalue weighted by molar-refractivity contribution is 0.348. The molecule has 0 unspecified atom stereocenters. The van der Waals surface area contributed by atoms with Crippen LogP contribution in [0.2, 0.25) is 0 Å². The topological polar surface area (TPSA) is 44.5 Å². The minimum atomic E-state index is -0.237. The first kappa shape index (κ1) is 10.8. The Morgan fingerprint density at radius 2 is 1.93 bits per heavy atom. The number of hydrogen-bond donors (Lipinski definition) is 1. The van der Waals surface area contributed by atoms with Crippen LogP contribution in [0.5, 0.6) is 11.5 Å². The highest BCUT2D eigenvalue weighted by Crippen LogP contribution is 2.51. The fraction of sp³-hybridized carbons (Fsp3) is 0.455. The minimum absolute atomic E-state index is 0.237. The molecule has 1 fully saturated rings. The maximum absolute atomic E-state index is 6.20. The maximum atomic E-state index is 6.20. The molecule has 1 saturated carbocycles. The molecule has 2 N–H and O–H groups in total. The first-order chi connectivity index (χ1) is 7.12. The Hall–Kier alpha value is -0.740. The average molecular weight is 272 g/mol. The van der Waals surface area contributed by atoms with Crippen molar-refractivity contribution < 1.29 is 9.47 Å². The summed E-state index contributed by atoms with van der Waals surface area (Å²) in [4.78, 5) is 0. The molecule has 1 aromatic rings. The van der Waals surface area contributed by atoms with Crippen molar-refractivity contribution in [3.63, 3.8) is 0 Å². The van der Waals surface area contributed by atoms with Crippen LogP contribution in [0.3, 0.4) is 0 Å². The average Bonchev–Trinajstić information content (AvgIpc) is 2.96. The van der Waals surface area contributed by atoms with Gasteiger partial charge in [0.1, 0.15) is 0 Å². The summed E-state index contributed by atoms with van der Waals surface area (Å²) in [6.45, 7) is 0. The third kappa shape index (κ3) is 1.72. The number of halogens is 1. The fourth-order valence-electron chi connectivity index (χ4n) is 1.75. The second-order valence-corrected chi connectivity index (χ2v) is 4.67. The Morgan fingerprint density at radius 3 is 2.40 bits per heavy atom. The van der Waals surface area contributed by atoms with Crippen molar-refractivity contribution in [1.82, 2.24) is 0 Å². The SMILES string of the molecule is COc1ccc(Br)c(C2(N)CC2)c1OC. The van der Waals surface area contributed by atoms with Crippen molar-refractivity contribution in [1.29, 1.82) is 0 Å². The van der Waals surface area contributed by atoms with Crippen molar-refractivity contribution in [3.8, 4) is 11.5 Å². The standard InChI is InChI=1S/C11H14BrNO2/c1-14-8-4-3-7(12)9(10(8)15-2)11(13)5-6-11/h3-4H,5-6,13H2,1-2H3. The summed E-state index contributed by atoms with van der Waals surface area (Å²) in [6, 6.07) is 3.82. The lowest BCUT2D eigenvalue weighted by atomic mass is 10.0. The number of benzene rings is 1. The molecule has 0 bridgehead atoms. The zero-order valence-electron chi connectivity index (χ0n) is 8.84. The highest BCUT2D eigenvalue weighted by Gasteiger charge is 2.44. The van der Waals surface area contributed by atoms with Crippen LogP contribution in [0.4, 0.5) is 0 Å². The van der Waals surface area contributed by atoms with Gasteiger partial charge in [-0.1, -0.05) is 15.9 Å². The Kier molecular flexibility index (Phi) is 2.64. The summed E-state index contributed by atoms with van der Waals surface area (Å²) in [6.07, 6.45) is 1.99. The molecule has 0 aromatic heterocycles. The van der Waals surface area contributed by atoms with Crippen molar-refractivity contribution in [3.05, 3.63) is 22.2 Å². The van der Waals surface area contributed by atoms with Crippen molar-refractivity contribution in [2.24, 2.45) is 5.73 Å². The molecule has 3 nitrogen and oxygen atoms in total. The lowest BCUT2D eigenvalue weighted by Crippen LogP contribution is -2.20. The van der Waals surface area contributed by atoms with Gasteiger partial charge >= 0.3 is 0 Å². The van der Waals surface area contributed by atoms with E-state index in [1.807, 2.05) is 12.1 Å². The number of nitrogens with two attached hydrogens (primary N) is 1. The van der Waals surface area contributed by atoms with Crippen LogP contribution in [-0.2, 0) is 5.54 Å². The van der Waals surface area contributed by atoms with Gasteiger partial charge in [-0.2, -0.15) is 0 Å². The van der Waals surface area contributed by atoms with E-state index in [1.54, 1.807) is 14.2 Å². The summed E-state index contributed by atoms with van der Waals surface area (Å²) in [5.74, 6) is 1.47. The van der Waals surface area contributed by atoms with Gasteiger partial charge in [-0.15, -0.1) is 0 Å². The predicted molar refractivity (Wildman–Crippen MR) is 62.3 cm³/mol. The van der Waals surface area contributed by atoms with Crippen LogP contribution >= 0.6 is 15.9 Å². The van der Waals surface area contributed by atoms with Crippen molar-refractivity contribution >= 4 is 15.9 Å². The van der Waals surface area contributed by atoms with E-state index in [9.17, 15) is 0 Å². The van der Waals surface area contributed by atoms with Gasteiger partial charge < -0.3 is 15.2 Å². The summed E-state index contributed by atoms with van der Waals surface area (Å²) in [5.41, 5.74) is 6.98. The molecule has 1 aliphatic rings. The zero-order valence-corrected chi connectivity index (χ0v) is 10.4. The molecular formula is C11H14BrNO2. The lowest BCUT2D eigenvalue weighted by Gasteiger charge is -2.18. The Labute approximate surface area is 97.7 Å². The van der Waals surface area contributed by atoms with E-state index >= 15 is 0 Å². The predicted octanol–water partition coefficient (Wildman–Crippen LogP) is 2.41. The van der Waals surface area contributed by atoms with Crippen LogP contribution in [-0.4, -0.2) is 14.2 Å². The highest BCUT2D eigenvalue weighted by molar-refractivity contribution is 9.10. The molecule has 1 aromatic carbocycles. The smallest absolute Gasteiger partial charge is 0.166 e. The Morgan fingerprint density at radius 1 is 1.27 bits per heavy atom. The molecule has 0 atom stereocenters. The van der Waals surface area contributed by atoms with Gasteiger partial charge in [0.25, 0.3) is 0 Å². The molecule has 0 saturated heterocycles. The first-order valence-corrected chi connectivity index (χ1v) is 5.61. The molecular weight excluding hydrogens is 258 g/mol. The third-order valence-electron chi connectivity index (χ3n) is 2.78. The molecule has 4 heteroatoms. The Balaban J connectivity index is 2.59. The molecule has 2 rings (SSSR count). The van der Waals surface area contributed by atoms with Gasteiger partial charge in [-0.25, -0.2) is 0 Å². The van der Waals surface area contributed by atoms with Crippen LogP contribution in [0.1, 0.15) is 18.4 Å². The molecule has 82 valence electrons. The number of methoxy groups -OCH3 is 2. The van der Waals surface area contributed by atoms with Crippen molar-refractivity contribution in [2.75, 3.05) is 14.2 Å². The second kappa shape index (κ2) is 3.68. The van der Waals surface area contributed by atoms with E-state index in [4.69, 9.17) is 15.2 Å². The summed E-state index contributed by atoms with van der Waals surface area (Å²) >= 11 is 3.51. The van der Waals surface area contributed by atoms with Gasteiger partial charge in [0.2, 0.25) is 0 Å². The quantitative estimate of drug-likeness (QED) is 0.919. The molecule has 0 heterocycles. The molecule has 0 amide bonds. The summed E-state index contributed by atoms with van der Waals surface area (Å²) < 4.78 is 11.6. The van der Waals surface area contributed by atoms with Crippen molar-refractivity contribution in [2.45, 2.75) is 18.4 Å². The van der Waals surface area contributed by atoms with Crippen LogP contribution in [0, 0.1) is 0 Å². The second-order valence-electron chi connectivity index (χ2n) is 3.81. The van der Waals surface area contributed by atoms with E-state index in [0.29, 0.717) is 0 Å². The maximum Gasteiger partial charge on any atom is 0.166 e.